The number of nitrogens with one attached hydrogen (secondary N) is 1. The van der Waals surface area contributed by atoms with Crippen molar-refractivity contribution in [3.63, 3.8) is 0 Å². The molecule has 3 aliphatic rings. The molecule has 1 atom stereocenters. The molecule has 1 unspecified atom stereocenters. The number of rotatable bonds is 3. The van der Waals surface area contributed by atoms with Crippen LogP contribution in [0.3, 0.4) is 0 Å². The average molecular weight is 312 g/mol. The molecule has 1 aromatic rings. The largest absolute Gasteiger partial charge is 0.369 e. The SMILES string of the molecule is CCNc1nc(C2CN3CCN2CC3)ncc1Br. The van der Waals surface area contributed by atoms with Crippen molar-refractivity contribution in [2.75, 3.05) is 44.6 Å². The van der Waals surface area contributed by atoms with E-state index in [1.165, 1.54) is 13.1 Å². The second-order valence-electron chi connectivity index (χ2n) is 4.81. The van der Waals surface area contributed by atoms with E-state index < -0.39 is 0 Å². The van der Waals surface area contributed by atoms with Crippen LogP contribution in [0.5, 0.6) is 0 Å². The van der Waals surface area contributed by atoms with Crippen LogP contribution in [0.15, 0.2) is 10.7 Å². The maximum absolute atomic E-state index is 4.67. The van der Waals surface area contributed by atoms with Crippen LogP contribution in [0, 0.1) is 0 Å². The summed E-state index contributed by atoms with van der Waals surface area (Å²) in [5.74, 6) is 1.85. The highest BCUT2D eigenvalue weighted by atomic mass is 79.9. The smallest absolute Gasteiger partial charge is 0.149 e. The Morgan fingerprint density at radius 3 is 2.78 bits per heavy atom. The minimum Gasteiger partial charge on any atom is -0.369 e. The van der Waals surface area contributed by atoms with E-state index in [4.69, 9.17) is 0 Å². The number of hydrogen-bond donors (Lipinski definition) is 1. The quantitative estimate of drug-likeness (QED) is 0.912. The normalized spacial score (nSPS) is 30.4. The first kappa shape index (κ1) is 12.3. The van der Waals surface area contributed by atoms with Gasteiger partial charge in [-0.15, -0.1) is 0 Å². The summed E-state index contributed by atoms with van der Waals surface area (Å²) in [6.07, 6.45) is 1.86. The minimum atomic E-state index is 0.359. The van der Waals surface area contributed by atoms with Gasteiger partial charge in [0.2, 0.25) is 0 Å². The summed E-state index contributed by atoms with van der Waals surface area (Å²) in [4.78, 5) is 14.2. The monoisotopic (exact) mass is 311 g/mol. The number of anilines is 1. The molecule has 0 aromatic carbocycles. The van der Waals surface area contributed by atoms with E-state index in [1.807, 2.05) is 6.20 Å². The Kier molecular flexibility index (Phi) is 3.50. The third kappa shape index (κ3) is 2.24. The number of halogens is 1. The molecule has 4 rings (SSSR count). The van der Waals surface area contributed by atoms with Crippen LogP contribution in [0.25, 0.3) is 0 Å². The molecule has 98 valence electrons. The third-order valence-corrected chi connectivity index (χ3v) is 4.26. The molecule has 4 heterocycles. The number of nitrogens with zero attached hydrogens (tertiary/aromatic N) is 4. The molecule has 3 saturated heterocycles. The van der Waals surface area contributed by atoms with Gasteiger partial charge in [0.25, 0.3) is 0 Å². The predicted octanol–water partition coefficient (Wildman–Crippen LogP) is 1.34. The fourth-order valence-corrected chi connectivity index (χ4v) is 3.03. The van der Waals surface area contributed by atoms with E-state index in [-0.39, 0.29) is 0 Å². The highest BCUT2D eigenvalue weighted by Gasteiger charge is 2.34. The summed E-state index contributed by atoms with van der Waals surface area (Å²) in [5, 5.41) is 3.27. The van der Waals surface area contributed by atoms with Gasteiger partial charge >= 0.3 is 0 Å². The predicted molar refractivity (Wildman–Crippen MR) is 74.6 cm³/mol. The highest BCUT2D eigenvalue weighted by Crippen LogP contribution is 2.28. The van der Waals surface area contributed by atoms with Crippen LogP contribution in [-0.2, 0) is 0 Å². The Labute approximate surface area is 116 Å². The zero-order valence-electron chi connectivity index (χ0n) is 10.6. The summed E-state index contributed by atoms with van der Waals surface area (Å²) in [5.41, 5.74) is 0. The van der Waals surface area contributed by atoms with Gasteiger partial charge in [-0.2, -0.15) is 0 Å². The molecule has 18 heavy (non-hydrogen) atoms. The van der Waals surface area contributed by atoms with Crippen molar-refractivity contribution in [3.8, 4) is 0 Å². The highest BCUT2D eigenvalue weighted by molar-refractivity contribution is 9.10. The molecule has 6 heteroatoms. The molecule has 0 saturated carbocycles. The van der Waals surface area contributed by atoms with Crippen LogP contribution < -0.4 is 5.32 Å². The molecule has 0 aliphatic carbocycles. The van der Waals surface area contributed by atoms with E-state index in [0.29, 0.717) is 6.04 Å². The molecule has 1 N–H and O–H groups in total. The van der Waals surface area contributed by atoms with E-state index in [1.54, 1.807) is 0 Å². The van der Waals surface area contributed by atoms with Crippen molar-refractivity contribution in [1.29, 1.82) is 0 Å². The van der Waals surface area contributed by atoms with E-state index >= 15 is 0 Å². The van der Waals surface area contributed by atoms with Crippen molar-refractivity contribution in [1.82, 2.24) is 19.8 Å². The average Bonchev–Trinajstić information content (AvgIpc) is 2.43. The first-order valence-corrected chi connectivity index (χ1v) is 7.30. The maximum atomic E-state index is 4.67. The third-order valence-electron chi connectivity index (χ3n) is 3.68. The molecule has 3 aliphatic heterocycles. The lowest BCUT2D eigenvalue weighted by Crippen LogP contribution is -2.57. The van der Waals surface area contributed by atoms with Gasteiger partial charge in [-0.25, -0.2) is 9.97 Å². The standard InChI is InChI=1S/C12H18BrN5/c1-2-14-11-9(13)7-15-12(16-11)10-8-17-3-5-18(10)6-4-17/h7,10H,2-6,8H2,1H3,(H,14,15,16). The number of aromatic nitrogens is 2. The Bertz CT molecular complexity index is 430. The summed E-state index contributed by atoms with van der Waals surface area (Å²) in [6, 6.07) is 0.359. The number of hydrogen-bond acceptors (Lipinski definition) is 5. The topological polar surface area (TPSA) is 44.3 Å². The molecule has 5 nitrogen and oxygen atoms in total. The molecule has 3 fully saturated rings. The first-order valence-electron chi connectivity index (χ1n) is 6.50. The lowest BCUT2D eigenvalue weighted by molar-refractivity contribution is 0.00869. The van der Waals surface area contributed by atoms with Crippen molar-refractivity contribution >= 4 is 21.7 Å². The van der Waals surface area contributed by atoms with Crippen LogP contribution >= 0.6 is 15.9 Å². The van der Waals surface area contributed by atoms with E-state index in [9.17, 15) is 0 Å². The van der Waals surface area contributed by atoms with Crippen molar-refractivity contribution in [2.45, 2.75) is 13.0 Å². The molecular formula is C12H18BrN5. The molecule has 0 amide bonds. The summed E-state index contributed by atoms with van der Waals surface area (Å²) in [7, 11) is 0. The zero-order chi connectivity index (χ0) is 12.5. The molecule has 1 aromatic heterocycles. The lowest BCUT2D eigenvalue weighted by Gasteiger charge is -2.46. The fourth-order valence-electron chi connectivity index (χ4n) is 2.70. The number of piperazine rings is 3. The van der Waals surface area contributed by atoms with Gasteiger partial charge in [0.1, 0.15) is 11.6 Å². The summed E-state index contributed by atoms with van der Waals surface area (Å²) in [6.45, 7) is 8.66. The van der Waals surface area contributed by atoms with Crippen LogP contribution in [0.4, 0.5) is 5.82 Å². The van der Waals surface area contributed by atoms with Gasteiger partial charge < -0.3 is 5.32 Å². The molecular weight excluding hydrogens is 294 g/mol. The van der Waals surface area contributed by atoms with Gasteiger partial charge in [0, 0.05) is 45.5 Å². The van der Waals surface area contributed by atoms with Crippen molar-refractivity contribution < 1.29 is 0 Å². The van der Waals surface area contributed by atoms with Crippen LogP contribution in [0.2, 0.25) is 0 Å². The Morgan fingerprint density at radius 1 is 1.39 bits per heavy atom. The van der Waals surface area contributed by atoms with Crippen LogP contribution in [0.1, 0.15) is 18.8 Å². The summed E-state index contributed by atoms with van der Waals surface area (Å²) >= 11 is 3.48. The lowest BCUT2D eigenvalue weighted by atomic mass is 10.1. The Morgan fingerprint density at radius 2 is 2.17 bits per heavy atom. The van der Waals surface area contributed by atoms with Crippen LogP contribution in [-0.4, -0.2) is 59.0 Å². The Balaban J connectivity index is 1.85. The second kappa shape index (κ2) is 5.11. The minimum absolute atomic E-state index is 0.359. The first-order chi connectivity index (χ1) is 8.78. The van der Waals surface area contributed by atoms with E-state index in [2.05, 4.69) is 47.9 Å². The molecule has 2 bridgehead atoms. The van der Waals surface area contributed by atoms with Crippen molar-refractivity contribution in [3.05, 3.63) is 16.5 Å². The summed E-state index contributed by atoms with van der Waals surface area (Å²) < 4.78 is 0.935. The van der Waals surface area contributed by atoms with Gasteiger partial charge in [-0.1, -0.05) is 0 Å². The van der Waals surface area contributed by atoms with E-state index in [0.717, 1.165) is 42.3 Å². The second-order valence-corrected chi connectivity index (χ2v) is 5.66. The molecule has 0 spiro atoms. The van der Waals surface area contributed by atoms with Gasteiger partial charge in [-0.05, 0) is 22.9 Å². The van der Waals surface area contributed by atoms with Gasteiger partial charge in [0.05, 0.1) is 10.5 Å². The fraction of sp³-hybridized carbons (Fsp3) is 0.667. The van der Waals surface area contributed by atoms with Gasteiger partial charge in [-0.3, -0.25) is 9.80 Å². The zero-order valence-corrected chi connectivity index (χ0v) is 12.2. The maximum Gasteiger partial charge on any atom is 0.149 e. The molecule has 0 radical (unpaired) electrons. The number of fused-ring (bicyclic) bond motifs is 3. The van der Waals surface area contributed by atoms with Crippen molar-refractivity contribution in [2.24, 2.45) is 0 Å². The van der Waals surface area contributed by atoms with Gasteiger partial charge in [0.15, 0.2) is 0 Å². The Hall–Kier alpha value is -0.720.